The van der Waals surface area contributed by atoms with Gasteiger partial charge >= 0.3 is 5.97 Å². The molecule has 2 atom stereocenters. The van der Waals surface area contributed by atoms with Crippen LogP contribution in [0.2, 0.25) is 0 Å². The number of unbranched alkanes of at least 4 members (excludes halogenated alkanes) is 59. The fraction of sp³-hybridized carbons (Fsp3) is 0.922. The lowest BCUT2D eigenvalue weighted by Crippen LogP contribution is -2.45. The Morgan fingerprint density at radius 1 is 0.325 bits per heavy atom. The van der Waals surface area contributed by atoms with E-state index in [1.54, 1.807) is 6.08 Å². The van der Waals surface area contributed by atoms with Crippen molar-refractivity contribution in [3.8, 4) is 0 Å². The number of allylic oxidation sites excluding steroid dienone is 3. The Morgan fingerprint density at radius 2 is 0.578 bits per heavy atom. The highest BCUT2D eigenvalue weighted by Crippen LogP contribution is 2.20. The minimum absolute atomic E-state index is 0.0110. The van der Waals surface area contributed by atoms with Crippen LogP contribution in [0.1, 0.15) is 431 Å². The van der Waals surface area contributed by atoms with Gasteiger partial charge in [0.25, 0.3) is 0 Å². The van der Waals surface area contributed by atoms with Gasteiger partial charge in [0.2, 0.25) is 5.91 Å². The molecule has 83 heavy (non-hydrogen) atoms. The topological polar surface area (TPSA) is 95.9 Å². The van der Waals surface area contributed by atoms with Gasteiger partial charge in [-0.2, -0.15) is 0 Å². The van der Waals surface area contributed by atoms with E-state index in [0.717, 1.165) is 44.9 Å². The molecule has 0 aromatic carbocycles. The molecule has 6 nitrogen and oxygen atoms in total. The van der Waals surface area contributed by atoms with Crippen LogP contribution >= 0.6 is 0 Å². The zero-order chi connectivity index (χ0) is 59.9. The Kier molecular flexibility index (Phi) is 71.4. The highest BCUT2D eigenvalue weighted by molar-refractivity contribution is 5.76. The largest absolute Gasteiger partial charge is 0.466 e. The fourth-order valence-corrected chi connectivity index (χ4v) is 12.2. The first-order valence-electron chi connectivity index (χ1n) is 38.1. The Labute approximate surface area is 520 Å². The number of hydrogen-bond acceptors (Lipinski definition) is 5. The molecule has 0 saturated heterocycles. The molecular weight excluding hydrogens is 1020 g/mol. The third kappa shape index (κ3) is 69.3. The summed E-state index contributed by atoms with van der Waals surface area (Å²) in [5.74, 6) is -0.0474. The number of rotatable bonds is 72. The summed E-state index contributed by atoms with van der Waals surface area (Å²) >= 11 is 0. The lowest BCUT2D eigenvalue weighted by Gasteiger charge is -2.20. The lowest BCUT2D eigenvalue weighted by atomic mass is 10.0. The van der Waals surface area contributed by atoms with Crippen LogP contribution in [0.3, 0.4) is 0 Å². The number of ether oxygens (including phenoxy) is 1. The molecule has 0 heterocycles. The van der Waals surface area contributed by atoms with E-state index in [0.29, 0.717) is 19.4 Å². The number of aliphatic hydroxyl groups excluding tert-OH is 2. The third-order valence-corrected chi connectivity index (χ3v) is 18.0. The van der Waals surface area contributed by atoms with E-state index in [-0.39, 0.29) is 18.5 Å². The molecule has 2 unspecified atom stereocenters. The number of aliphatic hydroxyl groups is 2. The van der Waals surface area contributed by atoms with Gasteiger partial charge in [0.05, 0.1) is 25.4 Å². The van der Waals surface area contributed by atoms with Crippen molar-refractivity contribution in [3.63, 3.8) is 0 Å². The molecule has 0 fully saturated rings. The number of hydrogen-bond donors (Lipinski definition) is 3. The van der Waals surface area contributed by atoms with E-state index in [9.17, 15) is 19.8 Å². The number of nitrogens with one attached hydrogen (secondary N) is 1. The van der Waals surface area contributed by atoms with Crippen LogP contribution in [-0.4, -0.2) is 47.4 Å². The number of carbonyl (C=O) groups excluding carboxylic acids is 2. The summed E-state index contributed by atoms with van der Waals surface area (Å²) in [7, 11) is 0. The van der Waals surface area contributed by atoms with Crippen molar-refractivity contribution >= 4 is 11.9 Å². The van der Waals surface area contributed by atoms with Crippen molar-refractivity contribution in [1.29, 1.82) is 0 Å². The van der Waals surface area contributed by atoms with Gasteiger partial charge in [-0.3, -0.25) is 9.59 Å². The summed E-state index contributed by atoms with van der Waals surface area (Å²) < 4.78 is 5.47. The molecule has 0 bridgehead atoms. The van der Waals surface area contributed by atoms with Crippen molar-refractivity contribution in [2.24, 2.45) is 0 Å². The van der Waals surface area contributed by atoms with Crippen LogP contribution in [0, 0.1) is 0 Å². The van der Waals surface area contributed by atoms with E-state index < -0.39 is 12.1 Å². The zero-order valence-electron chi connectivity index (χ0n) is 56.5. The van der Waals surface area contributed by atoms with Crippen molar-refractivity contribution < 1.29 is 24.5 Å². The summed E-state index contributed by atoms with van der Waals surface area (Å²) in [6.45, 7) is 4.91. The fourth-order valence-electron chi connectivity index (χ4n) is 12.2. The molecule has 0 radical (unpaired) electrons. The number of esters is 1. The molecule has 0 aliphatic carbocycles. The van der Waals surface area contributed by atoms with E-state index in [2.05, 4.69) is 31.3 Å². The van der Waals surface area contributed by atoms with Crippen LogP contribution in [0.5, 0.6) is 0 Å². The standard InChI is InChI=1S/C77H149NO5/c1-3-5-7-9-11-13-15-16-17-18-19-20-34-37-40-43-46-50-53-57-61-65-69-75(80)74(73-79)78-76(81)70-66-62-58-54-51-47-44-41-38-35-32-30-28-26-24-22-21-23-25-27-29-31-33-36-39-42-45-48-52-56-60-64-68-72-83-77(82)71-67-63-59-55-49-14-12-10-8-6-4-2/h10,12,65,69,74-75,79-80H,3-9,11,13-64,66-68,70-73H2,1-2H3,(H,78,81)/b12-10-,69-65+. The molecule has 0 rings (SSSR count). The molecule has 0 aliphatic rings. The smallest absolute Gasteiger partial charge is 0.305 e. The predicted molar refractivity (Wildman–Crippen MR) is 366 cm³/mol. The molecule has 0 aromatic heterocycles. The maximum Gasteiger partial charge on any atom is 0.305 e. The summed E-state index contributed by atoms with van der Waals surface area (Å²) in [5, 5.41) is 23.3. The Morgan fingerprint density at radius 3 is 0.892 bits per heavy atom. The molecule has 0 aliphatic heterocycles. The molecule has 0 aromatic rings. The Hall–Kier alpha value is -1.66. The van der Waals surface area contributed by atoms with Gasteiger partial charge in [-0.15, -0.1) is 0 Å². The van der Waals surface area contributed by atoms with E-state index >= 15 is 0 Å². The van der Waals surface area contributed by atoms with Gasteiger partial charge in [0.15, 0.2) is 0 Å². The van der Waals surface area contributed by atoms with Gasteiger partial charge in [-0.1, -0.05) is 391 Å². The summed E-state index contributed by atoms with van der Waals surface area (Å²) in [6, 6.07) is -0.625. The Bertz CT molecular complexity index is 1300. The second-order valence-corrected chi connectivity index (χ2v) is 26.3. The minimum Gasteiger partial charge on any atom is -0.466 e. The first-order chi connectivity index (χ1) is 41.0. The molecular formula is C77H149NO5. The molecule has 3 N–H and O–H groups in total. The highest BCUT2D eigenvalue weighted by atomic mass is 16.5. The van der Waals surface area contributed by atoms with E-state index in [4.69, 9.17) is 4.74 Å². The van der Waals surface area contributed by atoms with Gasteiger partial charge in [-0.05, 0) is 51.4 Å². The summed E-state index contributed by atoms with van der Waals surface area (Å²) in [4.78, 5) is 24.6. The van der Waals surface area contributed by atoms with Crippen molar-refractivity contribution in [1.82, 2.24) is 5.32 Å². The maximum absolute atomic E-state index is 12.5. The first kappa shape index (κ1) is 81.3. The highest BCUT2D eigenvalue weighted by Gasteiger charge is 2.18. The second-order valence-electron chi connectivity index (χ2n) is 26.3. The predicted octanol–water partition coefficient (Wildman–Crippen LogP) is 24.9. The normalized spacial score (nSPS) is 12.6. The monoisotopic (exact) mass is 1170 g/mol. The third-order valence-electron chi connectivity index (χ3n) is 18.0. The van der Waals surface area contributed by atoms with Gasteiger partial charge < -0.3 is 20.3 Å². The van der Waals surface area contributed by atoms with Crippen LogP contribution in [-0.2, 0) is 14.3 Å². The molecule has 0 saturated carbocycles. The maximum atomic E-state index is 12.5. The van der Waals surface area contributed by atoms with E-state index in [1.165, 1.54) is 360 Å². The molecule has 6 heteroatoms. The van der Waals surface area contributed by atoms with Crippen LogP contribution in [0.15, 0.2) is 24.3 Å². The zero-order valence-corrected chi connectivity index (χ0v) is 56.5. The van der Waals surface area contributed by atoms with E-state index in [1.807, 2.05) is 6.08 Å². The average Bonchev–Trinajstić information content (AvgIpc) is 3.49. The second kappa shape index (κ2) is 72.8. The average molecular weight is 1170 g/mol. The SMILES string of the molecule is CCCC/C=C\CCCCCCCC(=O)OCCCCCCCCCCCCCCCCCCCCCCCCCCCCCCCCCCCC(=O)NC(CO)C(O)/C=C/CCCCCCCCCCCCCCCCCCCCCC. The van der Waals surface area contributed by atoms with Gasteiger partial charge in [-0.25, -0.2) is 0 Å². The first-order valence-corrected chi connectivity index (χ1v) is 38.1. The molecule has 1 amide bonds. The van der Waals surface area contributed by atoms with Crippen LogP contribution < -0.4 is 5.32 Å². The van der Waals surface area contributed by atoms with Gasteiger partial charge in [0, 0.05) is 12.8 Å². The molecule has 492 valence electrons. The van der Waals surface area contributed by atoms with Crippen molar-refractivity contribution in [2.45, 2.75) is 443 Å². The number of amides is 1. The molecule has 0 spiro atoms. The quantitative estimate of drug-likeness (QED) is 0.0320. The Balaban J connectivity index is 3.35. The van der Waals surface area contributed by atoms with Crippen LogP contribution in [0.25, 0.3) is 0 Å². The number of carbonyl (C=O) groups is 2. The lowest BCUT2D eigenvalue weighted by molar-refractivity contribution is -0.143. The summed E-state index contributed by atoms with van der Waals surface area (Å²) in [6.07, 6.45) is 92.9. The van der Waals surface area contributed by atoms with Gasteiger partial charge in [0.1, 0.15) is 0 Å². The summed E-state index contributed by atoms with van der Waals surface area (Å²) in [5.41, 5.74) is 0. The van der Waals surface area contributed by atoms with Crippen LogP contribution in [0.4, 0.5) is 0 Å². The van der Waals surface area contributed by atoms with Crippen molar-refractivity contribution in [2.75, 3.05) is 13.2 Å². The van der Waals surface area contributed by atoms with Crippen molar-refractivity contribution in [3.05, 3.63) is 24.3 Å². The minimum atomic E-state index is -0.842.